The highest BCUT2D eigenvalue weighted by Crippen LogP contribution is 2.34. The highest BCUT2D eigenvalue weighted by molar-refractivity contribution is 5.46. The van der Waals surface area contributed by atoms with Crippen molar-refractivity contribution in [2.75, 3.05) is 0 Å². The Hall–Kier alpha value is -0.650. The summed E-state index contributed by atoms with van der Waals surface area (Å²) in [6.45, 7) is 11.1. The smallest absolute Gasteiger partial charge is 0.0143 e. The van der Waals surface area contributed by atoms with E-state index in [1.54, 1.807) is 0 Å². The number of hydrogen-bond acceptors (Lipinski definition) is 0. The Kier molecular flexibility index (Phi) is 2.12. The van der Waals surface area contributed by atoms with Gasteiger partial charge in [-0.25, -0.2) is 0 Å². The van der Waals surface area contributed by atoms with Gasteiger partial charge in [0.25, 0.3) is 0 Å². The molecule has 0 radical (unpaired) electrons. The summed E-state index contributed by atoms with van der Waals surface area (Å²) in [7, 11) is 0. The van der Waals surface area contributed by atoms with Crippen LogP contribution in [0.4, 0.5) is 0 Å². The summed E-state index contributed by atoms with van der Waals surface area (Å²) >= 11 is 0. The lowest BCUT2D eigenvalue weighted by molar-refractivity contribution is 0.934. The second-order valence-corrected chi connectivity index (χ2v) is 3.61. The zero-order valence-electron chi connectivity index (χ0n) is 8.21. The average molecular weight is 149 g/mol. The van der Waals surface area contributed by atoms with Crippen LogP contribution < -0.4 is 0 Å². The van der Waals surface area contributed by atoms with E-state index in [1.165, 1.54) is 34.6 Å². The molecule has 0 heterocycles. The molecule has 0 N–H and O–H groups in total. The second-order valence-electron chi connectivity index (χ2n) is 3.61. The first-order chi connectivity index (χ1) is 5.04. The minimum Gasteiger partial charge on any atom is -0.0143 e. The number of rotatable bonds is 0. The summed E-state index contributed by atoms with van der Waals surface area (Å²) in [6.07, 6.45) is 1.18. The van der Waals surface area contributed by atoms with Crippen molar-refractivity contribution in [3.05, 3.63) is 28.2 Å². The van der Waals surface area contributed by atoms with Crippen LogP contribution >= 0.6 is 0 Å². The van der Waals surface area contributed by atoms with E-state index >= 15 is 0 Å². The first kappa shape index (κ1) is 8.45. The molecule has 0 saturated carbocycles. The Morgan fingerprint density at radius 3 is 1.64 bits per heavy atom. The monoisotopic (exact) mass is 149 g/mol. The third-order valence-corrected chi connectivity index (χ3v) is 2.94. The zero-order chi connectivity index (χ0) is 8.59. The summed E-state index contributed by atoms with van der Waals surface area (Å²) in [5.41, 5.74) is 6.05. The fourth-order valence-corrected chi connectivity index (χ4v) is 1.58. The molecule has 0 unspecified atom stereocenters. The van der Waals surface area contributed by atoms with Crippen LogP contribution in [-0.4, -0.2) is 0 Å². The van der Waals surface area contributed by atoms with Gasteiger partial charge in [-0.05, 0) is 13.8 Å². The molecule has 11 heavy (non-hydrogen) atoms. The quantitative estimate of drug-likeness (QED) is 0.461. The summed E-state index contributed by atoms with van der Waals surface area (Å²) in [5.74, 6) is 1.48. The first-order valence-corrected chi connectivity index (χ1v) is 4.21. The Bertz CT molecular complexity index is 204. The highest BCUT2D eigenvalue weighted by atomic mass is 14.2. The molecule has 0 aromatic carbocycles. The lowest BCUT2D eigenvalue weighted by Crippen LogP contribution is -2.06. The van der Waals surface area contributed by atoms with Gasteiger partial charge in [0.2, 0.25) is 0 Å². The van der Waals surface area contributed by atoms with Gasteiger partial charge in [0.05, 0.1) is 23.5 Å². The zero-order valence-corrected chi connectivity index (χ0v) is 8.21. The van der Waals surface area contributed by atoms with Crippen molar-refractivity contribution in [3.8, 4) is 0 Å². The molecule has 60 valence electrons. The van der Waals surface area contributed by atoms with Crippen molar-refractivity contribution in [1.82, 2.24) is 0 Å². The lowest BCUT2D eigenvalue weighted by Gasteiger charge is -2.15. The highest BCUT2D eigenvalue weighted by Gasteiger charge is 2.25. The molecule has 0 bridgehead atoms. The molecular weight excluding hydrogens is 132 g/mol. The van der Waals surface area contributed by atoms with Crippen LogP contribution in [0.3, 0.4) is 0 Å². The maximum Gasteiger partial charge on any atom is 0.0776 e. The van der Waals surface area contributed by atoms with Crippen molar-refractivity contribution in [1.29, 1.82) is 0 Å². The molecule has 0 aliphatic heterocycles. The third kappa shape index (κ3) is 1.35. The minimum absolute atomic E-state index is 1.18. The van der Waals surface area contributed by atoms with E-state index < -0.39 is 0 Å². The molecule has 1 rings (SSSR count). The maximum atomic E-state index is 2.23. The van der Waals surface area contributed by atoms with Crippen LogP contribution in [0.1, 0.15) is 41.0 Å². The van der Waals surface area contributed by atoms with Gasteiger partial charge < -0.3 is 0 Å². The minimum atomic E-state index is 1.18. The summed E-state index contributed by atoms with van der Waals surface area (Å²) in [6, 6.07) is 0. The SMILES string of the molecule is CC1=C(C)[C+](C)C(C)=C(C)C1. The van der Waals surface area contributed by atoms with Gasteiger partial charge in [0.15, 0.2) is 0 Å². The van der Waals surface area contributed by atoms with Gasteiger partial charge in [-0.3, -0.25) is 0 Å². The molecular formula is C11H17+. The first-order valence-electron chi connectivity index (χ1n) is 4.21. The van der Waals surface area contributed by atoms with E-state index in [-0.39, 0.29) is 0 Å². The van der Waals surface area contributed by atoms with Gasteiger partial charge in [-0.1, -0.05) is 0 Å². The predicted molar refractivity (Wildman–Crippen MR) is 50.3 cm³/mol. The van der Waals surface area contributed by atoms with E-state index in [1.807, 2.05) is 0 Å². The van der Waals surface area contributed by atoms with Gasteiger partial charge in [-0.2, -0.15) is 0 Å². The normalized spacial score (nSPS) is 19.9. The molecule has 0 amide bonds. The summed E-state index contributed by atoms with van der Waals surface area (Å²) in [4.78, 5) is 0. The molecule has 0 nitrogen and oxygen atoms in total. The van der Waals surface area contributed by atoms with Crippen molar-refractivity contribution >= 4 is 0 Å². The van der Waals surface area contributed by atoms with Crippen LogP contribution in [0.5, 0.6) is 0 Å². The van der Waals surface area contributed by atoms with Crippen LogP contribution in [0.15, 0.2) is 22.3 Å². The van der Waals surface area contributed by atoms with Crippen molar-refractivity contribution in [2.24, 2.45) is 0 Å². The van der Waals surface area contributed by atoms with E-state index in [9.17, 15) is 0 Å². The molecule has 0 spiro atoms. The molecule has 0 heteroatoms. The molecule has 0 fully saturated rings. The predicted octanol–water partition coefficient (Wildman–Crippen LogP) is 3.66. The standard InChI is InChI=1S/C11H17/c1-7-6-8(2)10(4)11(5)9(7)3/h6H2,1-5H3/q+1. The van der Waals surface area contributed by atoms with E-state index in [0.717, 1.165) is 0 Å². The summed E-state index contributed by atoms with van der Waals surface area (Å²) in [5, 5.41) is 0. The third-order valence-electron chi connectivity index (χ3n) is 2.94. The largest absolute Gasteiger partial charge is 0.0776 e. The van der Waals surface area contributed by atoms with E-state index in [4.69, 9.17) is 0 Å². The van der Waals surface area contributed by atoms with Crippen molar-refractivity contribution < 1.29 is 0 Å². The summed E-state index contributed by atoms with van der Waals surface area (Å²) < 4.78 is 0. The van der Waals surface area contributed by atoms with Crippen LogP contribution in [0, 0.1) is 5.92 Å². The Morgan fingerprint density at radius 2 is 1.27 bits per heavy atom. The van der Waals surface area contributed by atoms with Gasteiger partial charge in [0.1, 0.15) is 0 Å². The van der Waals surface area contributed by atoms with E-state index in [2.05, 4.69) is 34.6 Å². The Balaban J connectivity index is 2.98. The average Bonchev–Trinajstić information content (AvgIpc) is 1.97. The van der Waals surface area contributed by atoms with Crippen molar-refractivity contribution in [3.63, 3.8) is 0 Å². The topological polar surface area (TPSA) is 0 Å². The van der Waals surface area contributed by atoms with Crippen LogP contribution in [0.25, 0.3) is 0 Å². The van der Waals surface area contributed by atoms with Crippen LogP contribution in [0.2, 0.25) is 0 Å². The molecule has 0 saturated heterocycles. The van der Waals surface area contributed by atoms with Crippen LogP contribution in [-0.2, 0) is 0 Å². The number of allylic oxidation sites excluding steroid dienone is 4. The Labute approximate surface area is 70.0 Å². The Morgan fingerprint density at radius 1 is 0.909 bits per heavy atom. The molecule has 0 atom stereocenters. The van der Waals surface area contributed by atoms with Crippen molar-refractivity contribution in [2.45, 2.75) is 41.0 Å². The van der Waals surface area contributed by atoms with Gasteiger partial charge in [0, 0.05) is 31.9 Å². The fraction of sp³-hybridized carbons (Fsp3) is 0.545. The number of hydrogen-bond donors (Lipinski definition) is 0. The molecule has 0 aromatic rings. The second kappa shape index (κ2) is 2.77. The van der Waals surface area contributed by atoms with E-state index in [0.29, 0.717) is 0 Å². The molecule has 1 aliphatic carbocycles. The fourth-order valence-electron chi connectivity index (χ4n) is 1.58. The lowest BCUT2D eigenvalue weighted by atomic mass is 9.81. The maximum absolute atomic E-state index is 2.23. The van der Waals surface area contributed by atoms with Gasteiger partial charge in [-0.15, -0.1) is 0 Å². The molecule has 0 aromatic heterocycles. The van der Waals surface area contributed by atoms with Gasteiger partial charge >= 0.3 is 0 Å². The molecule has 1 aliphatic rings.